The maximum absolute atomic E-state index is 13.4. The van der Waals surface area contributed by atoms with Crippen molar-refractivity contribution < 1.29 is 34.4 Å². The summed E-state index contributed by atoms with van der Waals surface area (Å²) in [6.45, 7) is 2.85. The summed E-state index contributed by atoms with van der Waals surface area (Å²) in [4.78, 5) is 14.8. The van der Waals surface area contributed by atoms with E-state index < -0.39 is 0 Å². The van der Waals surface area contributed by atoms with Crippen molar-refractivity contribution in [3.05, 3.63) is 96.5 Å². The average molecular weight is 604 g/mol. The number of aromatic nitrogens is 2. The van der Waals surface area contributed by atoms with E-state index in [0.29, 0.717) is 0 Å². The Bertz CT molecular complexity index is 1400. The number of hydrogen-bond donors (Lipinski definition) is 1. The van der Waals surface area contributed by atoms with Crippen molar-refractivity contribution in [1.82, 2.24) is 9.55 Å². The number of aliphatic hydroxyl groups is 1. The minimum Gasteiger partial charge on any atom is -0.512 e. The van der Waals surface area contributed by atoms with Gasteiger partial charge in [-0.25, -0.2) is 9.37 Å². The molecule has 6 heteroatoms. The van der Waals surface area contributed by atoms with Gasteiger partial charge in [0.2, 0.25) is 0 Å². The Balaban J connectivity index is 0.000000318. The zero-order valence-corrected chi connectivity index (χ0v) is 19.9. The van der Waals surface area contributed by atoms with Gasteiger partial charge in [-0.15, -0.1) is 5.39 Å². The second-order valence-electron chi connectivity index (χ2n) is 7.19. The first-order valence-corrected chi connectivity index (χ1v) is 9.78. The Hall–Kier alpha value is -3.34. The smallest absolute Gasteiger partial charge is 0.155 e. The van der Waals surface area contributed by atoms with Crippen LogP contribution in [0, 0.1) is 11.9 Å². The molecule has 0 bridgehead atoms. The molecule has 0 fully saturated rings. The number of rotatable bonds is 2. The number of benzene rings is 3. The summed E-state index contributed by atoms with van der Waals surface area (Å²) >= 11 is 0. The normalized spacial score (nSPS) is 11.2. The Morgan fingerprint density at radius 2 is 1.78 bits per heavy atom. The molecule has 0 aliphatic rings. The second kappa shape index (κ2) is 9.86. The summed E-state index contributed by atoms with van der Waals surface area (Å²) < 4.78 is 15.5. The molecule has 163 valence electrons. The van der Waals surface area contributed by atoms with E-state index in [4.69, 9.17) is 10.1 Å². The Labute approximate surface area is 198 Å². The van der Waals surface area contributed by atoms with Gasteiger partial charge in [-0.2, -0.15) is 24.3 Å². The maximum Gasteiger partial charge on any atom is 0.155 e. The molecule has 2 heterocycles. The summed E-state index contributed by atoms with van der Waals surface area (Å²) in [6, 6.07) is 26.1. The van der Waals surface area contributed by atoms with Crippen LogP contribution in [0.2, 0.25) is 0 Å². The molecular weight excluding hydrogens is 584 g/mol. The summed E-state index contributed by atoms with van der Waals surface area (Å²) in [6.07, 6.45) is 1.17. The summed E-state index contributed by atoms with van der Waals surface area (Å²) in [5.74, 6) is 0.498. The van der Waals surface area contributed by atoms with Gasteiger partial charge in [0.1, 0.15) is 11.6 Å². The fourth-order valence-corrected chi connectivity index (χ4v) is 3.59. The third-order valence-corrected chi connectivity index (χ3v) is 4.77. The molecule has 0 unspecified atom stereocenters. The van der Waals surface area contributed by atoms with E-state index in [1.165, 1.54) is 37.4 Å². The molecule has 1 N–H and O–H groups in total. The molecule has 0 spiro atoms. The largest absolute Gasteiger partial charge is 0.512 e. The van der Waals surface area contributed by atoms with Gasteiger partial charge in [0, 0.05) is 37.1 Å². The molecule has 5 aromatic rings. The van der Waals surface area contributed by atoms with Crippen LogP contribution in [0.15, 0.2) is 84.6 Å². The number of carbonyl (C=O) groups is 1. The van der Waals surface area contributed by atoms with Gasteiger partial charge >= 0.3 is 0 Å². The van der Waals surface area contributed by atoms with E-state index in [9.17, 15) is 9.18 Å². The van der Waals surface area contributed by atoms with Crippen molar-refractivity contribution in [2.24, 2.45) is 0 Å². The molecule has 32 heavy (non-hydrogen) atoms. The number of carbonyl (C=O) groups excluding carboxylic acids is 1. The number of hydrogen-bond acceptors (Lipinski definition) is 3. The van der Waals surface area contributed by atoms with Crippen LogP contribution in [-0.2, 0) is 24.9 Å². The Morgan fingerprint density at radius 3 is 2.50 bits per heavy atom. The quantitative estimate of drug-likeness (QED) is 0.146. The van der Waals surface area contributed by atoms with Crippen molar-refractivity contribution >= 4 is 38.5 Å². The molecule has 4 nitrogen and oxygen atoms in total. The van der Waals surface area contributed by atoms with E-state index in [1.54, 1.807) is 6.07 Å². The van der Waals surface area contributed by atoms with Crippen molar-refractivity contribution in [2.45, 2.75) is 13.8 Å². The molecule has 0 aliphatic heterocycles. The van der Waals surface area contributed by atoms with Crippen LogP contribution in [-0.4, -0.2) is 20.4 Å². The van der Waals surface area contributed by atoms with Gasteiger partial charge in [-0.3, -0.25) is 4.79 Å². The third-order valence-electron chi connectivity index (χ3n) is 4.77. The van der Waals surface area contributed by atoms with Crippen LogP contribution in [0.4, 0.5) is 4.39 Å². The van der Waals surface area contributed by atoms with Crippen LogP contribution in [0.3, 0.4) is 0 Å². The average Bonchev–Trinajstić information content (AvgIpc) is 3.07. The minimum atomic E-state index is -0.248. The number of pyridine rings is 1. The van der Waals surface area contributed by atoms with Crippen molar-refractivity contribution in [1.29, 1.82) is 0 Å². The van der Waals surface area contributed by atoms with Gasteiger partial charge in [-0.05, 0) is 55.6 Å². The molecule has 0 atom stereocenters. The topological polar surface area (TPSA) is 55.1 Å². The molecule has 1 radical (unpaired) electrons. The predicted octanol–water partition coefficient (Wildman–Crippen LogP) is 6.31. The standard InChI is InChI=1S/C21H12FN2.C5H8O2.Ir/c22-15-10-11-18-14(13-15)9-12-21(23-18)24-19-7-3-1-5-16(19)17-6-2-4-8-20(17)24;1-4(6)3-5(2)7;/h1-7,9-13H;3,6H,1-2H3;/q-1;;/b;4-3-;. The summed E-state index contributed by atoms with van der Waals surface area (Å²) in [5.41, 5.74) is 2.85. The van der Waals surface area contributed by atoms with E-state index in [0.717, 1.165) is 33.1 Å². The molecule has 3 aromatic carbocycles. The number of aliphatic hydroxyl groups excluding tert-OH is 1. The monoisotopic (exact) mass is 604 g/mol. The van der Waals surface area contributed by atoms with Crippen molar-refractivity contribution in [3.63, 3.8) is 0 Å². The number of allylic oxidation sites excluding steroid dienone is 2. The Morgan fingerprint density at radius 1 is 1.03 bits per heavy atom. The number of halogens is 1. The van der Waals surface area contributed by atoms with Gasteiger partial charge in [-0.1, -0.05) is 23.7 Å². The zero-order valence-electron chi connectivity index (χ0n) is 17.5. The van der Waals surface area contributed by atoms with Crippen LogP contribution in [0.25, 0.3) is 38.5 Å². The van der Waals surface area contributed by atoms with E-state index >= 15 is 0 Å². The number of ketones is 1. The summed E-state index contributed by atoms with van der Waals surface area (Å²) in [5, 5.41) is 11.5. The van der Waals surface area contributed by atoms with Crippen molar-refractivity contribution in [3.8, 4) is 5.82 Å². The van der Waals surface area contributed by atoms with Gasteiger partial charge in [0.05, 0.1) is 11.3 Å². The Kier molecular flexibility index (Phi) is 7.18. The second-order valence-corrected chi connectivity index (χ2v) is 7.19. The predicted molar refractivity (Wildman–Crippen MR) is 122 cm³/mol. The molecule has 0 amide bonds. The third kappa shape index (κ3) is 4.77. The molecule has 0 saturated heterocycles. The molecule has 0 aliphatic carbocycles. The van der Waals surface area contributed by atoms with Gasteiger partial charge in [0.15, 0.2) is 5.78 Å². The van der Waals surface area contributed by atoms with Gasteiger partial charge < -0.3 is 9.67 Å². The molecule has 0 saturated carbocycles. The fourth-order valence-electron chi connectivity index (χ4n) is 3.59. The minimum absolute atomic E-state index is 0. The van der Waals surface area contributed by atoms with E-state index in [2.05, 4.69) is 28.8 Å². The zero-order chi connectivity index (χ0) is 22.0. The van der Waals surface area contributed by atoms with Gasteiger partial charge in [0.25, 0.3) is 0 Å². The SMILES string of the molecule is CC(=O)/C=C(/C)O.Fc1ccc2nc(-n3c4[c-]cccc4c4ccccc43)ccc2c1.[Ir]. The number of fused-ring (bicyclic) bond motifs is 4. The molecular formula is C26H20FIrN2O2-. The molecule has 2 aromatic heterocycles. The maximum atomic E-state index is 13.4. The fraction of sp³-hybridized carbons (Fsp3) is 0.0769. The first-order chi connectivity index (χ1) is 14.9. The molecule has 5 rings (SSSR count). The first-order valence-electron chi connectivity index (χ1n) is 9.78. The number of nitrogens with zero attached hydrogens (tertiary/aromatic N) is 2. The van der Waals surface area contributed by atoms with Crippen LogP contribution >= 0.6 is 0 Å². The van der Waals surface area contributed by atoms with Crippen molar-refractivity contribution in [2.75, 3.05) is 0 Å². The van der Waals surface area contributed by atoms with Crippen LogP contribution < -0.4 is 0 Å². The number of para-hydroxylation sites is 2. The van der Waals surface area contributed by atoms with E-state index in [-0.39, 0.29) is 37.5 Å². The van der Waals surface area contributed by atoms with Crippen LogP contribution in [0.1, 0.15) is 13.8 Å². The first kappa shape index (κ1) is 23.3. The van der Waals surface area contributed by atoms with Crippen LogP contribution in [0.5, 0.6) is 0 Å². The van der Waals surface area contributed by atoms with E-state index in [1.807, 2.05) is 36.4 Å². The summed E-state index contributed by atoms with van der Waals surface area (Å²) in [7, 11) is 0.